The Bertz CT molecular complexity index is 255. The van der Waals surface area contributed by atoms with Crippen LogP contribution in [0.25, 0.3) is 0 Å². The van der Waals surface area contributed by atoms with Gasteiger partial charge in [-0.2, -0.15) is 0 Å². The van der Waals surface area contributed by atoms with Gasteiger partial charge in [-0.1, -0.05) is 6.92 Å². The molecule has 0 saturated carbocycles. The normalized spacial score (nSPS) is 13.2. The molecular formula is C8H14ClN3O. The molecule has 0 aromatic carbocycles. The van der Waals surface area contributed by atoms with Gasteiger partial charge < -0.3 is 9.30 Å². The zero-order chi connectivity index (χ0) is 9.84. The first-order valence-electron chi connectivity index (χ1n) is 4.19. The van der Waals surface area contributed by atoms with Crippen LogP contribution in [0.5, 0.6) is 0 Å². The summed E-state index contributed by atoms with van der Waals surface area (Å²) in [5, 5.41) is 8.08. The molecule has 0 radical (unpaired) electrons. The lowest BCUT2D eigenvalue weighted by molar-refractivity contribution is 0.151. The minimum absolute atomic E-state index is 0.414. The summed E-state index contributed by atoms with van der Waals surface area (Å²) in [6, 6.07) is 0. The molecule has 1 aromatic heterocycles. The van der Waals surface area contributed by atoms with Crippen molar-refractivity contribution in [3.63, 3.8) is 0 Å². The molecule has 1 unspecified atom stereocenters. The van der Waals surface area contributed by atoms with Gasteiger partial charge in [-0.05, 0) is 24.4 Å². The van der Waals surface area contributed by atoms with E-state index < -0.39 is 0 Å². The molecule has 0 aliphatic heterocycles. The van der Waals surface area contributed by atoms with Crippen LogP contribution in [-0.4, -0.2) is 28.5 Å². The Balaban J connectivity index is 2.62. The van der Waals surface area contributed by atoms with Gasteiger partial charge in [-0.3, -0.25) is 0 Å². The number of hydrogen-bond acceptors (Lipinski definition) is 3. The Morgan fingerprint density at radius 2 is 2.23 bits per heavy atom. The van der Waals surface area contributed by atoms with E-state index in [9.17, 15) is 0 Å². The summed E-state index contributed by atoms with van der Waals surface area (Å²) in [6.07, 6.45) is 0. The zero-order valence-electron chi connectivity index (χ0n) is 8.12. The van der Waals surface area contributed by atoms with Crippen molar-refractivity contribution >= 4 is 11.6 Å². The fourth-order valence-corrected chi connectivity index (χ4v) is 1.44. The lowest BCUT2D eigenvalue weighted by Gasteiger charge is -2.11. The maximum atomic E-state index is 5.84. The van der Waals surface area contributed by atoms with Crippen molar-refractivity contribution in [2.24, 2.45) is 5.92 Å². The van der Waals surface area contributed by atoms with E-state index in [1.54, 1.807) is 7.11 Å². The van der Waals surface area contributed by atoms with Crippen LogP contribution in [0.2, 0.25) is 5.28 Å². The van der Waals surface area contributed by atoms with Crippen molar-refractivity contribution in [1.82, 2.24) is 14.8 Å². The predicted octanol–water partition coefficient (Wildman–Crippen LogP) is 1.52. The van der Waals surface area contributed by atoms with Gasteiger partial charge in [0.25, 0.3) is 0 Å². The molecule has 4 nitrogen and oxygen atoms in total. The molecule has 1 atom stereocenters. The van der Waals surface area contributed by atoms with Crippen LogP contribution < -0.4 is 0 Å². The van der Waals surface area contributed by atoms with Crippen LogP contribution in [0.4, 0.5) is 0 Å². The highest BCUT2D eigenvalue weighted by molar-refractivity contribution is 6.28. The molecule has 74 valence electrons. The first-order chi connectivity index (χ1) is 6.15. The van der Waals surface area contributed by atoms with E-state index in [1.165, 1.54) is 0 Å². The van der Waals surface area contributed by atoms with Gasteiger partial charge in [-0.25, -0.2) is 0 Å². The molecule has 1 heterocycles. The second-order valence-electron chi connectivity index (χ2n) is 3.19. The molecule has 0 amide bonds. The topological polar surface area (TPSA) is 39.9 Å². The number of halogens is 1. The first kappa shape index (κ1) is 10.5. The molecule has 0 saturated heterocycles. The summed E-state index contributed by atoms with van der Waals surface area (Å²) < 4.78 is 6.92. The maximum absolute atomic E-state index is 5.84. The van der Waals surface area contributed by atoms with E-state index in [-0.39, 0.29) is 0 Å². The van der Waals surface area contributed by atoms with E-state index in [2.05, 4.69) is 17.1 Å². The van der Waals surface area contributed by atoms with Crippen molar-refractivity contribution in [3.05, 3.63) is 11.1 Å². The van der Waals surface area contributed by atoms with Gasteiger partial charge in [0.15, 0.2) is 0 Å². The number of ether oxygens (including phenoxy) is 1. The molecular weight excluding hydrogens is 190 g/mol. The summed E-state index contributed by atoms with van der Waals surface area (Å²) in [5.41, 5.74) is 0. The van der Waals surface area contributed by atoms with Gasteiger partial charge in [0, 0.05) is 13.7 Å². The Morgan fingerprint density at radius 3 is 2.69 bits per heavy atom. The molecule has 0 bridgehead atoms. The maximum Gasteiger partial charge on any atom is 0.225 e. The Kier molecular flexibility index (Phi) is 3.69. The summed E-state index contributed by atoms with van der Waals surface area (Å²) in [5.74, 6) is 1.25. The smallest absolute Gasteiger partial charge is 0.225 e. The summed E-state index contributed by atoms with van der Waals surface area (Å²) in [6.45, 7) is 5.50. The number of hydrogen-bond donors (Lipinski definition) is 0. The van der Waals surface area contributed by atoms with Gasteiger partial charge in [0.1, 0.15) is 5.82 Å². The first-order valence-corrected chi connectivity index (χ1v) is 4.57. The van der Waals surface area contributed by atoms with E-state index in [1.807, 2.05) is 11.5 Å². The summed E-state index contributed by atoms with van der Waals surface area (Å²) in [4.78, 5) is 0. The van der Waals surface area contributed by atoms with E-state index in [0.717, 1.165) is 12.4 Å². The fourth-order valence-electron chi connectivity index (χ4n) is 1.21. The molecule has 0 aliphatic rings. The Morgan fingerprint density at radius 1 is 1.54 bits per heavy atom. The van der Waals surface area contributed by atoms with Crippen LogP contribution in [0.3, 0.4) is 0 Å². The standard InChI is InChI=1S/C8H14ClN3O/c1-6(5-13-3)4-12-7(2)10-11-8(12)9/h6H,4-5H2,1-3H3. The fraction of sp³-hybridized carbons (Fsp3) is 0.750. The van der Waals surface area contributed by atoms with Crippen LogP contribution in [0, 0.1) is 12.8 Å². The third kappa shape index (κ3) is 2.67. The SMILES string of the molecule is COCC(C)Cn1c(C)nnc1Cl. The third-order valence-electron chi connectivity index (χ3n) is 1.84. The third-order valence-corrected chi connectivity index (χ3v) is 2.12. The van der Waals surface area contributed by atoms with Crippen LogP contribution in [-0.2, 0) is 11.3 Å². The van der Waals surface area contributed by atoms with Gasteiger partial charge in [0.05, 0.1) is 6.61 Å². The van der Waals surface area contributed by atoms with Crippen molar-refractivity contribution in [2.75, 3.05) is 13.7 Å². The average Bonchev–Trinajstić information content (AvgIpc) is 2.36. The molecule has 5 heteroatoms. The lowest BCUT2D eigenvalue weighted by Crippen LogP contribution is -2.13. The summed E-state index contributed by atoms with van der Waals surface area (Å²) in [7, 11) is 1.69. The quantitative estimate of drug-likeness (QED) is 0.745. The summed E-state index contributed by atoms with van der Waals surface area (Å²) >= 11 is 5.84. The van der Waals surface area contributed by atoms with Gasteiger partial charge >= 0.3 is 0 Å². The number of aromatic nitrogens is 3. The highest BCUT2D eigenvalue weighted by Gasteiger charge is 2.09. The van der Waals surface area contributed by atoms with Crippen LogP contribution >= 0.6 is 11.6 Å². The van der Waals surface area contributed by atoms with Crippen molar-refractivity contribution < 1.29 is 4.74 Å². The van der Waals surface area contributed by atoms with Crippen LogP contribution in [0.1, 0.15) is 12.7 Å². The van der Waals surface area contributed by atoms with E-state index in [4.69, 9.17) is 16.3 Å². The lowest BCUT2D eigenvalue weighted by atomic mass is 10.2. The zero-order valence-corrected chi connectivity index (χ0v) is 8.88. The van der Waals surface area contributed by atoms with Crippen molar-refractivity contribution in [2.45, 2.75) is 20.4 Å². The Labute approximate surface area is 82.9 Å². The number of methoxy groups -OCH3 is 1. The molecule has 0 N–H and O–H groups in total. The van der Waals surface area contributed by atoms with E-state index >= 15 is 0 Å². The van der Waals surface area contributed by atoms with Gasteiger partial charge in [-0.15, -0.1) is 10.2 Å². The molecule has 0 aliphatic carbocycles. The minimum Gasteiger partial charge on any atom is -0.384 e. The highest BCUT2D eigenvalue weighted by Crippen LogP contribution is 2.10. The van der Waals surface area contributed by atoms with Crippen molar-refractivity contribution in [3.8, 4) is 0 Å². The Hall–Kier alpha value is -0.610. The van der Waals surface area contributed by atoms with Crippen molar-refractivity contribution in [1.29, 1.82) is 0 Å². The second-order valence-corrected chi connectivity index (χ2v) is 3.53. The molecule has 0 fully saturated rings. The van der Waals surface area contributed by atoms with Crippen LogP contribution in [0.15, 0.2) is 0 Å². The van der Waals surface area contributed by atoms with Gasteiger partial charge in [0.2, 0.25) is 5.28 Å². The average molecular weight is 204 g/mol. The van der Waals surface area contributed by atoms with E-state index in [0.29, 0.717) is 17.8 Å². The molecule has 1 rings (SSSR count). The number of rotatable bonds is 4. The minimum atomic E-state index is 0.414. The molecule has 13 heavy (non-hydrogen) atoms. The molecule has 0 spiro atoms. The highest BCUT2D eigenvalue weighted by atomic mass is 35.5. The largest absolute Gasteiger partial charge is 0.384 e. The second kappa shape index (κ2) is 4.58. The number of aryl methyl sites for hydroxylation is 1. The predicted molar refractivity (Wildman–Crippen MR) is 50.8 cm³/mol. The molecule has 1 aromatic rings. The number of nitrogens with zero attached hydrogens (tertiary/aromatic N) is 3. The monoisotopic (exact) mass is 203 g/mol.